The number of hydrogen-bond acceptors (Lipinski definition) is 3. The number of carbonyl (C=O) groups excluding carboxylic acids is 1. The number of Topliss-reactive ketones (excluding diaryl/α,β-unsaturated/α-hetero) is 1. The lowest BCUT2D eigenvalue weighted by Crippen LogP contribution is -2.56. The average molecular weight is 306 g/mol. The van der Waals surface area contributed by atoms with Crippen LogP contribution in [0.3, 0.4) is 0 Å². The molecule has 4 saturated carbocycles. The molecule has 8 atom stereocenters. The maximum Gasteiger partial charge on any atom is 0.137 e. The summed E-state index contributed by atoms with van der Waals surface area (Å²) in [5.41, 5.74) is 0.128. The highest BCUT2D eigenvalue weighted by molar-refractivity contribution is 5.84. The predicted octanol–water partition coefficient (Wildman–Crippen LogP) is 2.93. The highest BCUT2D eigenvalue weighted by Crippen LogP contribution is 2.65. The quantitative estimate of drug-likeness (QED) is 0.723. The zero-order valence-electron chi connectivity index (χ0n) is 13.9. The van der Waals surface area contributed by atoms with E-state index in [4.69, 9.17) is 0 Å². The van der Waals surface area contributed by atoms with Crippen LogP contribution >= 0.6 is 0 Å². The predicted molar refractivity (Wildman–Crippen MR) is 84.1 cm³/mol. The fourth-order valence-electron chi connectivity index (χ4n) is 7.10. The fourth-order valence-corrected chi connectivity index (χ4v) is 7.10. The molecular formula is C19H30O3. The SMILES string of the molecule is CC12CC(=O)C3C(CCC4CC(O)CCC43C)C1CC(O)C2. The molecule has 0 aromatic heterocycles. The van der Waals surface area contributed by atoms with Crippen LogP contribution in [-0.2, 0) is 4.79 Å². The molecule has 0 aromatic carbocycles. The second-order valence-corrected chi connectivity index (χ2v) is 9.35. The Morgan fingerprint density at radius 3 is 2.59 bits per heavy atom. The van der Waals surface area contributed by atoms with Gasteiger partial charge in [-0.3, -0.25) is 4.79 Å². The molecule has 4 aliphatic carbocycles. The third-order valence-corrected chi connectivity index (χ3v) is 8.06. The second kappa shape index (κ2) is 4.80. The highest BCUT2D eigenvalue weighted by Gasteiger charge is 2.62. The van der Waals surface area contributed by atoms with Gasteiger partial charge in [-0.25, -0.2) is 0 Å². The summed E-state index contributed by atoms with van der Waals surface area (Å²) in [6.07, 6.45) is 7.03. The standard InChI is InChI=1S/C19H30O3/c1-18-9-13(21)8-15(18)14-4-3-11-7-12(20)5-6-19(11,2)17(14)16(22)10-18/h11-15,17,20-21H,3-10H2,1-2H3. The summed E-state index contributed by atoms with van der Waals surface area (Å²) in [7, 11) is 0. The van der Waals surface area contributed by atoms with Crippen LogP contribution in [0.15, 0.2) is 0 Å². The van der Waals surface area contributed by atoms with Gasteiger partial charge in [-0.15, -0.1) is 0 Å². The molecule has 0 radical (unpaired) electrons. The van der Waals surface area contributed by atoms with Gasteiger partial charge in [0, 0.05) is 12.3 Å². The number of carbonyl (C=O) groups is 1. The van der Waals surface area contributed by atoms with Crippen LogP contribution < -0.4 is 0 Å². The minimum Gasteiger partial charge on any atom is -0.393 e. The Morgan fingerprint density at radius 1 is 1.05 bits per heavy atom. The number of rotatable bonds is 0. The minimum absolute atomic E-state index is 0.0368. The summed E-state index contributed by atoms with van der Waals surface area (Å²) in [4.78, 5) is 13.1. The lowest BCUT2D eigenvalue weighted by Gasteiger charge is -2.59. The molecule has 0 aromatic rings. The lowest BCUT2D eigenvalue weighted by atomic mass is 9.45. The smallest absolute Gasteiger partial charge is 0.137 e. The normalized spacial score (nSPS) is 57.9. The van der Waals surface area contributed by atoms with Gasteiger partial charge < -0.3 is 10.2 Å². The monoisotopic (exact) mass is 306 g/mol. The van der Waals surface area contributed by atoms with E-state index in [2.05, 4.69) is 13.8 Å². The van der Waals surface area contributed by atoms with E-state index < -0.39 is 0 Å². The zero-order chi connectivity index (χ0) is 15.7. The molecule has 0 heterocycles. The van der Waals surface area contributed by atoms with E-state index in [9.17, 15) is 15.0 Å². The van der Waals surface area contributed by atoms with Crippen molar-refractivity contribution in [3.8, 4) is 0 Å². The molecule has 124 valence electrons. The van der Waals surface area contributed by atoms with Gasteiger partial charge >= 0.3 is 0 Å². The van der Waals surface area contributed by atoms with Crippen LogP contribution in [-0.4, -0.2) is 28.2 Å². The van der Waals surface area contributed by atoms with Crippen molar-refractivity contribution in [3.05, 3.63) is 0 Å². The number of aliphatic hydroxyl groups is 2. The molecule has 4 rings (SSSR count). The summed E-state index contributed by atoms with van der Waals surface area (Å²) in [5, 5.41) is 20.2. The van der Waals surface area contributed by atoms with Crippen molar-refractivity contribution < 1.29 is 15.0 Å². The van der Waals surface area contributed by atoms with Gasteiger partial charge in [-0.2, -0.15) is 0 Å². The molecular weight excluding hydrogens is 276 g/mol. The Labute approximate surface area is 133 Å². The van der Waals surface area contributed by atoms with Gasteiger partial charge in [0.15, 0.2) is 0 Å². The molecule has 22 heavy (non-hydrogen) atoms. The molecule has 0 spiro atoms. The molecule has 0 bridgehead atoms. The van der Waals surface area contributed by atoms with Crippen molar-refractivity contribution in [1.29, 1.82) is 0 Å². The van der Waals surface area contributed by atoms with Gasteiger partial charge in [0.05, 0.1) is 12.2 Å². The molecule has 0 saturated heterocycles. The number of hydrogen-bond donors (Lipinski definition) is 2. The summed E-state index contributed by atoms with van der Waals surface area (Å²) >= 11 is 0. The van der Waals surface area contributed by atoms with Crippen LogP contribution in [0.25, 0.3) is 0 Å². The van der Waals surface area contributed by atoms with E-state index in [-0.39, 0.29) is 29.0 Å². The largest absolute Gasteiger partial charge is 0.393 e. The number of ketones is 1. The van der Waals surface area contributed by atoms with Gasteiger partial charge in [0.25, 0.3) is 0 Å². The van der Waals surface area contributed by atoms with E-state index in [0.29, 0.717) is 30.0 Å². The Balaban J connectivity index is 1.68. The molecule has 3 nitrogen and oxygen atoms in total. The van der Waals surface area contributed by atoms with Crippen molar-refractivity contribution >= 4 is 5.78 Å². The van der Waals surface area contributed by atoms with Gasteiger partial charge in [0.1, 0.15) is 5.78 Å². The first-order valence-corrected chi connectivity index (χ1v) is 9.22. The third kappa shape index (κ3) is 1.97. The van der Waals surface area contributed by atoms with E-state index in [0.717, 1.165) is 44.9 Å². The number of fused-ring (bicyclic) bond motifs is 5. The van der Waals surface area contributed by atoms with Crippen LogP contribution in [0.1, 0.15) is 65.2 Å². The van der Waals surface area contributed by atoms with Crippen molar-refractivity contribution in [2.75, 3.05) is 0 Å². The summed E-state index contributed by atoms with van der Waals surface area (Å²) < 4.78 is 0. The Hall–Kier alpha value is -0.410. The first-order chi connectivity index (χ1) is 10.3. The zero-order valence-corrected chi connectivity index (χ0v) is 13.9. The Morgan fingerprint density at radius 2 is 1.82 bits per heavy atom. The Bertz CT molecular complexity index is 489. The summed E-state index contributed by atoms with van der Waals surface area (Å²) in [5.74, 6) is 2.15. The van der Waals surface area contributed by atoms with E-state index in [1.807, 2.05) is 0 Å². The summed E-state index contributed by atoms with van der Waals surface area (Å²) in [6, 6.07) is 0. The van der Waals surface area contributed by atoms with Crippen molar-refractivity contribution in [1.82, 2.24) is 0 Å². The molecule has 4 aliphatic rings. The maximum atomic E-state index is 13.1. The molecule has 4 fully saturated rings. The average Bonchev–Trinajstić information content (AvgIpc) is 2.73. The fraction of sp³-hybridized carbons (Fsp3) is 0.947. The first kappa shape index (κ1) is 15.1. The van der Waals surface area contributed by atoms with Crippen LogP contribution in [0, 0.1) is 34.5 Å². The number of aliphatic hydroxyl groups excluding tert-OH is 2. The topological polar surface area (TPSA) is 57.5 Å². The second-order valence-electron chi connectivity index (χ2n) is 9.35. The van der Waals surface area contributed by atoms with E-state index in [1.54, 1.807) is 0 Å². The lowest BCUT2D eigenvalue weighted by molar-refractivity contribution is -0.159. The minimum atomic E-state index is -0.208. The van der Waals surface area contributed by atoms with Crippen LogP contribution in [0.2, 0.25) is 0 Å². The molecule has 0 amide bonds. The molecule has 8 unspecified atom stereocenters. The van der Waals surface area contributed by atoms with Crippen LogP contribution in [0.4, 0.5) is 0 Å². The summed E-state index contributed by atoms with van der Waals surface area (Å²) in [6.45, 7) is 4.56. The van der Waals surface area contributed by atoms with Crippen molar-refractivity contribution in [3.63, 3.8) is 0 Å². The van der Waals surface area contributed by atoms with E-state index in [1.165, 1.54) is 0 Å². The first-order valence-electron chi connectivity index (χ1n) is 9.22. The molecule has 3 heteroatoms. The highest BCUT2D eigenvalue weighted by atomic mass is 16.3. The molecule has 2 N–H and O–H groups in total. The van der Waals surface area contributed by atoms with Crippen molar-refractivity contribution in [2.45, 2.75) is 77.4 Å². The Kier molecular flexibility index (Phi) is 3.30. The van der Waals surface area contributed by atoms with Crippen LogP contribution in [0.5, 0.6) is 0 Å². The van der Waals surface area contributed by atoms with Gasteiger partial charge in [-0.05, 0) is 73.5 Å². The van der Waals surface area contributed by atoms with Gasteiger partial charge in [-0.1, -0.05) is 13.8 Å². The van der Waals surface area contributed by atoms with Crippen molar-refractivity contribution in [2.24, 2.45) is 34.5 Å². The van der Waals surface area contributed by atoms with E-state index >= 15 is 0 Å². The molecule has 0 aliphatic heterocycles. The third-order valence-electron chi connectivity index (χ3n) is 8.06. The van der Waals surface area contributed by atoms with Gasteiger partial charge in [0.2, 0.25) is 0 Å². The maximum absolute atomic E-state index is 13.1.